The van der Waals surface area contributed by atoms with Gasteiger partial charge in [-0.1, -0.05) is 0 Å². The molecule has 1 aromatic carbocycles. The van der Waals surface area contributed by atoms with E-state index in [1.165, 1.54) is 31.5 Å². The lowest BCUT2D eigenvalue weighted by molar-refractivity contribution is 0.0693. The van der Waals surface area contributed by atoms with Crippen LogP contribution >= 0.6 is 15.9 Å². The Bertz CT molecular complexity index is 686. The van der Waals surface area contributed by atoms with Crippen molar-refractivity contribution in [3.8, 4) is 5.75 Å². The number of methoxy groups -OCH3 is 1. The number of benzene rings is 1. The van der Waals surface area contributed by atoms with Crippen LogP contribution in [-0.4, -0.2) is 29.1 Å². The van der Waals surface area contributed by atoms with Gasteiger partial charge in [-0.05, 0) is 40.2 Å². The van der Waals surface area contributed by atoms with Gasteiger partial charge in [0.05, 0.1) is 12.7 Å². The number of nitrogens with zero attached hydrogens (tertiary/aromatic N) is 1. The zero-order chi connectivity index (χ0) is 15.4. The molecule has 1 aromatic heterocycles. The number of pyridine rings is 1. The molecule has 0 spiro atoms. The summed E-state index contributed by atoms with van der Waals surface area (Å²) < 4.78 is 5.63. The molecule has 0 aliphatic rings. The molecule has 7 heteroatoms. The fourth-order valence-electron chi connectivity index (χ4n) is 1.66. The highest BCUT2D eigenvalue weighted by Crippen LogP contribution is 2.23. The van der Waals surface area contributed by atoms with Gasteiger partial charge in [-0.2, -0.15) is 0 Å². The first-order valence-electron chi connectivity index (χ1n) is 5.85. The zero-order valence-electron chi connectivity index (χ0n) is 11.0. The summed E-state index contributed by atoms with van der Waals surface area (Å²) >= 11 is 3.19. The molecule has 2 aromatic rings. The number of rotatable bonds is 4. The lowest BCUT2D eigenvalue weighted by Gasteiger charge is -2.09. The van der Waals surface area contributed by atoms with Crippen LogP contribution in [0, 0.1) is 0 Å². The van der Waals surface area contributed by atoms with Gasteiger partial charge in [0.1, 0.15) is 15.9 Å². The van der Waals surface area contributed by atoms with Crippen LogP contribution in [0.5, 0.6) is 5.75 Å². The van der Waals surface area contributed by atoms with E-state index >= 15 is 0 Å². The minimum atomic E-state index is -1.10. The standard InChI is InChI=1S/C14H11BrN2O4/c1-21-11-6-9(3-4-10(11)14(19)20)17-13(18)8-2-5-12(15)16-7-8/h2-7H,1H3,(H,17,18)(H,19,20). The van der Waals surface area contributed by atoms with Crippen molar-refractivity contribution in [2.24, 2.45) is 0 Å². The summed E-state index contributed by atoms with van der Waals surface area (Å²) in [4.78, 5) is 27.0. The van der Waals surface area contributed by atoms with Crippen LogP contribution < -0.4 is 10.1 Å². The van der Waals surface area contributed by atoms with Crippen LogP contribution in [0.25, 0.3) is 0 Å². The highest BCUT2D eigenvalue weighted by molar-refractivity contribution is 9.10. The normalized spacial score (nSPS) is 10.0. The van der Waals surface area contributed by atoms with Gasteiger partial charge in [0.15, 0.2) is 0 Å². The molecule has 0 saturated carbocycles. The summed E-state index contributed by atoms with van der Waals surface area (Å²) in [6.45, 7) is 0. The van der Waals surface area contributed by atoms with E-state index in [1.54, 1.807) is 12.1 Å². The molecule has 0 radical (unpaired) electrons. The molecule has 2 N–H and O–H groups in total. The molecule has 2 rings (SSSR count). The van der Waals surface area contributed by atoms with Crippen molar-refractivity contribution in [2.75, 3.05) is 12.4 Å². The molecule has 0 aliphatic heterocycles. The van der Waals surface area contributed by atoms with E-state index in [1.807, 2.05) is 0 Å². The Kier molecular flexibility index (Phi) is 4.54. The molecule has 0 bridgehead atoms. The molecule has 108 valence electrons. The fourth-order valence-corrected chi connectivity index (χ4v) is 1.89. The SMILES string of the molecule is COc1cc(NC(=O)c2ccc(Br)nc2)ccc1C(=O)O. The third-order valence-corrected chi connectivity index (χ3v) is 3.15. The molecule has 1 heterocycles. The molecule has 0 fully saturated rings. The molecule has 0 unspecified atom stereocenters. The largest absolute Gasteiger partial charge is 0.496 e. The van der Waals surface area contributed by atoms with Gasteiger partial charge in [-0.15, -0.1) is 0 Å². The number of halogens is 1. The van der Waals surface area contributed by atoms with E-state index in [0.717, 1.165) is 0 Å². The van der Waals surface area contributed by atoms with Gasteiger partial charge in [0.25, 0.3) is 5.91 Å². The second-order valence-corrected chi connectivity index (χ2v) is 4.86. The average Bonchev–Trinajstić information content (AvgIpc) is 2.47. The monoisotopic (exact) mass is 350 g/mol. The summed E-state index contributed by atoms with van der Waals surface area (Å²) in [5.74, 6) is -1.27. The van der Waals surface area contributed by atoms with Crippen molar-refractivity contribution in [1.29, 1.82) is 0 Å². The summed E-state index contributed by atoms with van der Waals surface area (Å²) in [5.41, 5.74) is 0.852. The van der Waals surface area contributed by atoms with Crippen molar-refractivity contribution in [3.63, 3.8) is 0 Å². The Labute approximate surface area is 128 Å². The van der Waals surface area contributed by atoms with E-state index in [9.17, 15) is 9.59 Å². The number of ether oxygens (including phenoxy) is 1. The number of anilines is 1. The maximum absolute atomic E-state index is 12.0. The number of amides is 1. The number of carbonyl (C=O) groups excluding carboxylic acids is 1. The second kappa shape index (κ2) is 6.36. The number of hydrogen-bond acceptors (Lipinski definition) is 4. The van der Waals surface area contributed by atoms with E-state index in [2.05, 4.69) is 26.2 Å². The third-order valence-electron chi connectivity index (χ3n) is 2.68. The Balaban J connectivity index is 2.21. The molecule has 0 atom stereocenters. The molecule has 0 aliphatic carbocycles. The number of hydrogen-bond donors (Lipinski definition) is 2. The quantitative estimate of drug-likeness (QED) is 0.827. The minimum Gasteiger partial charge on any atom is -0.496 e. The highest BCUT2D eigenvalue weighted by Gasteiger charge is 2.13. The molecule has 21 heavy (non-hydrogen) atoms. The first-order chi connectivity index (χ1) is 10.0. The lowest BCUT2D eigenvalue weighted by Crippen LogP contribution is -2.12. The topological polar surface area (TPSA) is 88.5 Å². The number of carbonyl (C=O) groups is 2. The van der Waals surface area contributed by atoms with Gasteiger partial charge >= 0.3 is 5.97 Å². The van der Waals surface area contributed by atoms with Crippen molar-refractivity contribution in [1.82, 2.24) is 4.98 Å². The van der Waals surface area contributed by atoms with E-state index in [4.69, 9.17) is 9.84 Å². The Morgan fingerprint density at radius 1 is 1.29 bits per heavy atom. The first kappa shape index (κ1) is 15.0. The highest BCUT2D eigenvalue weighted by atomic mass is 79.9. The van der Waals surface area contributed by atoms with Crippen molar-refractivity contribution >= 4 is 33.5 Å². The van der Waals surface area contributed by atoms with Crippen LogP contribution in [0.2, 0.25) is 0 Å². The van der Waals surface area contributed by atoms with Gasteiger partial charge in [-0.25, -0.2) is 9.78 Å². The van der Waals surface area contributed by atoms with Crippen LogP contribution in [-0.2, 0) is 0 Å². The molecular weight excluding hydrogens is 340 g/mol. The Hall–Kier alpha value is -2.41. The molecule has 6 nitrogen and oxygen atoms in total. The average molecular weight is 351 g/mol. The van der Waals surface area contributed by atoms with E-state index in [-0.39, 0.29) is 17.2 Å². The third kappa shape index (κ3) is 3.57. The maximum Gasteiger partial charge on any atom is 0.339 e. The van der Waals surface area contributed by atoms with Crippen LogP contribution in [0.15, 0.2) is 41.1 Å². The van der Waals surface area contributed by atoms with Crippen LogP contribution in [0.4, 0.5) is 5.69 Å². The summed E-state index contributed by atoms with van der Waals surface area (Å²) in [6, 6.07) is 7.60. The second-order valence-electron chi connectivity index (χ2n) is 4.04. The molecule has 0 saturated heterocycles. The summed E-state index contributed by atoms with van der Waals surface area (Å²) in [6.07, 6.45) is 1.43. The van der Waals surface area contributed by atoms with Crippen LogP contribution in [0.3, 0.4) is 0 Å². The van der Waals surface area contributed by atoms with Gasteiger partial charge in [-0.3, -0.25) is 4.79 Å². The number of aromatic nitrogens is 1. The molecular formula is C14H11BrN2O4. The Morgan fingerprint density at radius 3 is 2.62 bits per heavy atom. The van der Waals surface area contributed by atoms with Crippen molar-refractivity contribution in [2.45, 2.75) is 0 Å². The van der Waals surface area contributed by atoms with Gasteiger partial charge in [0, 0.05) is 18.0 Å². The van der Waals surface area contributed by atoms with Gasteiger partial charge in [0.2, 0.25) is 0 Å². The first-order valence-corrected chi connectivity index (χ1v) is 6.65. The summed E-state index contributed by atoms with van der Waals surface area (Å²) in [5, 5.41) is 11.6. The lowest BCUT2D eigenvalue weighted by atomic mass is 10.1. The van der Waals surface area contributed by atoms with E-state index < -0.39 is 5.97 Å². The minimum absolute atomic E-state index is 0.0285. The van der Waals surface area contributed by atoms with Crippen LogP contribution in [0.1, 0.15) is 20.7 Å². The predicted molar refractivity (Wildman–Crippen MR) is 79.8 cm³/mol. The summed E-state index contributed by atoms with van der Waals surface area (Å²) in [7, 11) is 1.37. The zero-order valence-corrected chi connectivity index (χ0v) is 12.5. The predicted octanol–water partition coefficient (Wildman–Crippen LogP) is 2.80. The smallest absolute Gasteiger partial charge is 0.339 e. The van der Waals surface area contributed by atoms with Gasteiger partial charge < -0.3 is 15.2 Å². The van der Waals surface area contributed by atoms with Crippen molar-refractivity contribution in [3.05, 3.63) is 52.3 Å². The maximum atomic E-state index is 12.0. The number of aromatic carboxylic acids is 1. The molecule has 1 amide bonds. The fraction of sp³-hybridized carbons (Fsp3) is 0.0714. The number of nitrogens with one attached hydrogen (secondary N) is 1. The number of carboxylic acid groups (broad SMARTS) is 1. The number of carboxylic acids is 1. The van der Waals surface area contributed by atoms with Crippen molar-refractivity contribution < 1.29 is 19.4 Å². The Morgan fingerprint density at radius 2 is 2.05 bits per heavy atom. The van der Waals surface area contributed by atoms with E-state index in [0.29, 0.717) is 15.9 Å².